The van der Waals surface area contributed by atoms with Gasteiger partial charge in [-0.05, 0) is 50.5 Å². The number of anilines is 3. The van der Waals surface area contributed by atoms with E-state index in [-0.39, 0.29) is 24.0 Å². The molecule has 2 fully saturated rings. The van der Waals surface area contributed by atoms with Gasteiger partial charge in [-0.3, -0.25) is 9.59 Å². The quantitative estimate of drug-likeness (QED) is 0.281. The molecule has 3 N–H and O–H groups in total. The number of carbonyl (C=O) groups is 2. The van der Waals surface area contributed by atoms with Crippen molar-refractivity contribution in [2.75, 3.05) is 30.3 Å². The Morgan fingerprint density at radius 2 is 1.95 bits per heavy atom. The second-order valence-electron chi connectivity index (χ2n) is 11.3. The molecule has 1 aromatic carbocycles. The van der Waals surface area contributed by atoms with Gasteiger partial charge >= 0.3 is 0 Å². The first kappa shape index (κ1) is 29.4. The Kier molecular flexibility index (Phi) is 9.08. The van der Waals surface area contributed by atoms with Crippen molar-refractivity contribution in [2.45, 2.75) is 64.0 Å². The number of hydrogen-bond acceptors (Lipinski definition) is 9. The van der Waals surface area contributed by atoms with Crippen molar-refractivity contribution in [3.05, 3.63) is 57.3 Å². The molecule has 226 valence electrons. The Bertz CT molecular complexity index is 1480. The van der Waals surface area contributed by atoms with Gasteiger partial charge in [0.05, 0.1) is 16.6 Å². The summed E-state index contributed by atoms with van der Waals surface area (Å²) >= 11 is 8.17. The zero-order chi connectivity index (χ0) is 29.8. The molecule has 6 rings (SSSR count). The van der Waals surface area contributed by atoms with Crippen LogP contribution in [0.2, 0.25) is 5.02 Å². The maximum Gasteiger partial charge on any atom is 0.247 e. The zero-order valence-electron chi connectivity index (χ0n) is 24.1. The average Bonchev–Trinajstić information content (AvgIpc) is 3.71. The minimum absolute atomic E-state index is 0.0145. The minimum Gasteiger partial charge on any atom is -0.489 e. The molecule has 3 aromatic rings. The Balaban J connectivity index is 1.10. The van der Waals surface area contributed by atoms with E-state index >= 15 is 0 Å². The second-order valence-corrected chi connectivity index (χ2v) is 12.6. The van der Waals surface area contributed by atoms with Crippen LogP contribution in [0.15, 0.2) is 41.7 Å². The summed E-state index contributed by atoms with van der Waals surface area (Å²) in [6, 6.07) is 5.36. The number of amides is 2. The van der Waals surface area contributed by atoms with E-state index in [1.807, 2.05) is 35.4 Å². The first-order valence-electron chi connectivity index (χ1n) is 15.0. The van der Waals surface area contributed by atoms with Crippen LogP contribution in [0.3, 0.4) is 0 Å². The summed E-state index contributed by atoms with van der Waals surface area (Å²) in [6.07, 6.45) is 11.6. The Labute approximate surface area is 260 Å². The third-order valence-corrected chi connectivity index (χ3v) is 9.55. The van der Waals surface area contributed by atoms with E-state index in [9.17, 15) is 9.59 Å². The van der Waals surface area contributed by atoms with Crippen LogP contribution in [0, 0.1) is 5.92 Å². The molecule has 1 saturated carbocycles. The lowest BCUT2D eigenvalue weighted by molar-refractivity contribution is -0.137. The molecule has 2 aromatic heterocycles. The van der Waals surface area contributed by atoms with Gasteiger partial charge in [0.1, 0.15) is 34.8 Å². The number of nitrogens with one attached hydrogen (secondary N) is 3. The maximum absolute atomic E-state index is 13.2. The molecule has 2 amide bonds. The maximum atomic E-state index is 13.2. The molecule has 0 radical (unpaired) electrons. The van der Waals surface area contributed by atoms with Gasteiger partial charge in [-0.25, -0.2) is 15.0 Å². The Morgan fingerprint density at radius 3 is 2.70 bits per heavy atom. The molecule has 1 atom stereocenters. The fourth-order valence-corrected chi connectivity index (χ4v) is 6.80. The van der Waals surface area contributed by atoms with Crippen LogP contribution >= 0.6 is 22.9 Å². The van der Waals surface area contributed by atoms with Gasteiger partial charge in [-0.1, -0.05) is 24.4 Å². The summed E-state index contributed by atoms with van der Waals surface area (Å²) in [6.45, 7) is 3.94. The molecular formula is C31H36ClN7O3S. The molecule has 4 heterocycles. The van der Waals surface area contributed by atoms with Crippen LogP contribution < -0.4 is 20.7 Å². The van der Waals surface area contributed by atoms with Gasteiger partial charge in [0.25, 0.3) is 0 Å². The highest BCUT2D eigenvalue weighted by Gasteiger charge is 2.31. The number of carbonyl (C=O) groups excluding carboxylic acids is 2. The van der Waals surface area contributed by atoms with Crippen molar-refractivity contribution < 1.29 is 14.3 Å². The molecule has 0 bridgehead atoms. The molecule has 1 saturated heterocycles. The number of halogens is 1. The Morgan fingerprint density at radius 1 is 1.14 bits per heavy atom. The van der Waals surface area contributed by atoms with Gasteiger partial charge in [-0.2, -0.15) is 0 Å². The summed E-state index contributed by atoms with van der Waals surface area (Å²) in [5.41, 5.74) is 2.06. The summed E-state index contributed by atoms with van der Waals surface area (Å²) in [4.78, 5) is 41.1. The summed E-state index contributed by atoms with van der Waals surface area (Å²) < 4.78 is 6.26. The number of aromatic nitrogens is 3. The first-order chi connectivity index (χ1) is 20.9. The predicted octanol–water partition coefficient (Wildman–Crippen LogP) is 5.97. The number of hydrogen-bond donors (Lipinski definition) is 3. The predicted molar refractivity (Wildman–Crippen MR) is 169 cm³/mol. The summed E-state index contributed by atoms with van der Waals surface area (Å²) in [7, 11) is 0. The number of nitrogens with zero attached hydrogens (tertiary/aromatic N) is 4. The largest absolute Gasteiger partial charge is 0.489 e. The van der Waals surface area contributed by atoms with Gasteiger partial charge in [0, 0.05) is 61.2 Å². The lowest BCUT2D eigenvalue weighted by Crippen LogP contribution is -2.44. The van der Waals surface area contributed by atoms with Crippen molar-refractivity contribution in [3.63, 3.8) is 0 Å². The monoisotopic (exact) mass is 621 g/mol. The van der Waals surface area contributed by atoms with Crippen LogP contribution in [-0.4, -0.2) is 57.4 Å². The van der Waals surface area contributed by atoms with Gasteiger partial charge in [-0.15, -0.1) is 11.3 Å². The van der Waals surface area contributed by atoms with Crippen LogP contribution in [0.5, 0.6) is 5.75 Å². The van der Waals surface area contributed by atoms with Gasteiger partial charge in [0.15, 0.2) is 0 Å². The van der Waals surface area contributed by atoms with Gasteiger partial charge in [0.2, 0.25) is 11.8 Å². The SMILES string of the molecule is CC(NC(=O)C1=Cc2c(ncnc2Nc2ccc(OC3CCN(C(=O)C4CCCC4)CC3)c(Cl)c2)NCC1)c1nccs1. The summed E-state index contributed by atoms with van der Waals surface area (Å²) in [5.74, 6) is 2.20. The summed E-state index contributed by atoms with van der Waals surface area (Å²) in [5, 5.41) is 12.9. The van der Waals surface area contributed by atoms with Crippen molar-refractivity contribution in [3.8, 4) is 5.75 Å². The van der Waals surface area contributed by atoms with Crippen LogP contribution in [0.25, 0.3) is 6.08 Å². The van der Waals surface area contributed by atoms with Crippen molar-refractivity contribution >= 4 is 58.2 Å². The minimum atomic E-state index is -0.191. The molecule has 10 nitrogen and oxygen atoms in total. The van der Waals surface area contributed by atoms with Crippen molar-refractivity contribution in [1.82, 2.24) is 25.2 Å². The van der Waals surface area contributed by atoms with Crippen LogP contribution in [0.4, 0.5) is 17.3 Å². The molecule has 1 aliphatic carbocycles. The van der Waals surface area contributed by atoms with E-state index in [4.69, 9.17) is 16.3 Å². The lowest BCUT2D eigenvalue weighted by Gasteiger charge is -2.33. The first-order valence-corrected chi connectivity index (χ1v) is 16.2. The number of fused-ring (bicyclic) bond motifs is 1. The molecule has 12 heteroatoms. The molecule has 0 spiro atoms. The Hall–Kier alpha value is -3.70. The van der Waals surface area contributed by atoms with Gasteiger partial charge < -0.3 is 25.6 Å². The number of piperidine rings is 1. The fourth-order valence-electron chi connectivity index (χ4n) is 5.93. The van der Waals surface area contributed by atoms with Crippen LogP contribution in [0.1, 0.15) is 68.5 Å². The second kappa shape index (κ2) is 13.3. The van der Waals surface area contributed by atoms with E-state index in [2.05, 4.69) is 30.9 Å². The highest BCUT2D eigenvalue weighted by atomic mass is 35.5. The molecular weight excluding hydrogens is 586 g/mol. The van der Waals surface area contributed by atoms with E-state index in [0.717, 1.165) is 49.5 Å². The normalized spacial score (nSPS) is 18.2. The lowest BCUT2D eigenvalue weighted by atomic mass is 10.0. The standard InChI is InChI=1S/C31H36ClN7O3S/c1-19(30-34-12-15-43-30)37-29(40)21-8-11-33-27-24(16-21)28(36-18-35-27)38-22-6-7-26(25(32)17-22)42-23-9-13-39(14-10-23)31(41)20-4-2-3-5-20/h6-7,12,15-20,23H,2-5,8-11,13-14H2,1H3,(H,37,40)(H2,33,35,36,38). The number of thiazole rings is 1. The highest BCUT2D eigenvalue weighted by molar-refractivity contribution is 7.09. The third-order valence-electron chi connectivity index (χ3n) is 8.30. The number of benzene rings is 1. The van der Waals surface area contributed by atoms with E-state index in [1.165, 1.54) is 30.5 Å². The van der Waals surface area contributed by atoms with Crippen molar-refractivity contribution in [2.24, 2.45) is 5.92 Å². The van der Waals surface area contributed by atoms with E-state index in [1.54, 1.807) is 12.3 Å². The fraction of sp³-hybridized carbons (Fsp3) is 0.452. The van der Waals surface area contributed by atoms with E-state index in [0.29, 0.717) is 52.4 Å². The molecule has 2 aliphatic heterocycles. The number of rotatable bonds is 8. The smallest absolute Gasteiger partial charge is 0.247 e. The van der Waals surface area contributed by atoms with Crippen molar-refractivity contribution in [1.29, 1.82) is 0 Å². The topological polar surface area (TPSA) is 121 Å². The number of ether oxygens (including phenoxy) is 1. The number of likely N-dealkylation sites (tertiary alicyclic amines) is 1. The third kappa shape index (κ3) is 6.94. The molecule has 1 unspecified atom stereocenters. The highest BCUT2D eigenvalue weighted by Crippen LogP contribution is 2.34. The van der Waals surface area contributed by atoms with Crippen LogP contribution in [-0.2, 0) is 9.59 Å². The zero-order valence-corrected chi connectivity index (χ0v) is 25.7. The average molecular weight is 622 g/mol. The molecule has 3 aliphatic rings. The van der Waals surface area contributed by atoms with E-state index < -0.39 is 0 Å². The molecule has 43 heavy (non-hydrogen) atoms.